The Morgan fingerprint density at radius 1 is 1.10 bits per heavy atom. The van der Waals surface area contributed by atoms with Crippen LogP contribution in [0.15, 0.2) is 60.7 Å². The molecule has 2 aliphatic rings. The second-order valence-electron chi connectivity index (χ2n) is 9.95. The van der Waals surface area contributed by atoms with Gasteiger partial charge in [-0.15, -0.1) is 6.42 Å². The lowest BCUT2D eigenvalue weighted by atomic mass is 9.92. The first-order valence-electron chi connectivity index (χ1n) is 13.5. The van der Waals surface area contributed by atoms with Gasteiger partial charge in [-0.1, -0.05) is 86.9 Å². The van der Waals surface area contributed by atoms with Gasteiger partial charge in [-0.25, -0.2) is 9.80 Å². The normalized spacial score (nSPS) is 20.4. The standard InChI is InChI=1S/C30H37N5O3S/c1-4-16-33-21-27(36)34-26(35(33)30(38)31-19-24-12-8-6-9-13-24)20-32(29(37)28(34)23(3)5-2)17-18-39-22-25-14-10-7-11-15-25/h1,6-15,23,26,28H,5,16-22H2,2-3H3,(H,31,38)/t23?,26-,28-/m0/s1. The molecule has 2 aromatic carbocycles. The molecule has 0 radical (unpaired) electrons. The molecule has 39 heavy (non-hydrogen) atoms. The Bertz CT molecular complexity index is 1170. The number of carbonyl (C=O) groups excluding carboxylic acids is 3. The Balaban J connectivity index is 1.55. The largest absolute Gasteiger partial charge is 0.336 e. The van der Waals surface area contributed by atoms with Crippen LogP contribution in [-0.2, 0) is 21.9 Å². The minimum absolute atomic E-state index is 0.0490. The molecule has 4 rings (SSSR count). The number of amides is 4. The minimum atomic E-state index is -0.633. The lowest BCUT2D eigenvalue weighted by Gasteiger charge is -2.55. The molecule has 206 valence electrons. The van der Waals surface area contributed by atoms with Crippen molar-refractivity contribution in [2.45, 2.75) is 44.8 Å². The molecule has 8 nitrogen and oxygen atoms in total. The molecule has 2 heterocycles. The van der Waals surface area contributed by atoms with Crippen molar-refractivity contribution in [1.82, 2.24) is 25.1 Å². The molecule has 2 aromatic rings. The van der Waals surface area contributed by atoms with E-state index in [0.29, 0.717) is 13.1 Å². The predicted octanol–water partition coefficient (Wildman–Crippen LogP) is 3.41. The van der Waals surface area contributed by atoms with Gasteiger partial charge in [-0.3, -0.25) is 9.59 Å². The summed E-state index contributed by atoms with van der Waals surface area (Å²) in [5, 5.41) is 6.18. The summed E-state index contributed by atoms with van der Waals surface area (Å²) in [5.41, 5.74) is 2.20. The van der Waals surface area contributed by atoms with Crippen molar-refractivity contribution in [2.24, 2.45) is 5.92 Å². The minimum Gasteiger partial charge on any atom is -0.336 e. The number of thioether (sulfide) groups is 1. The Hall–Kier alpha value is -3.48. The van der Waals surface area contributed by atoms with E-state index in [1.165, 1.54) is 5.56 Å². The summed E-state index contributed by atoms with van der Waals surface area (Å²) in [7, 11) is 0. The molecule has 0 aromatic heterocycles. The molecule has 0 aliphatic carbocycles. The van der Waals surface area contributed by atoms with Gasteiger partial charge in [-0.05, 0) is 17.0 Å². The van der Waals surface area contributed by atoms with Crippen molar-refractivity contribution < 1.29 is 14.4 Å². The number of benzene rings is 2. The molecule has 1 N–H and O–H groups in total. The maximum atomic E-state index is 13.7. The molecule has 4 amide bonds. The summed E-state index contributed by atoms with van der Waals surface area (Å²) in [5.74, 6) is 3.90. The topological polar surface area (TPSA) is 76.2 Å². The Morgan fingerprint density at radius 3 is 2.41 bits per heavy atom. The highest BCUT2D eigenvalue weighted by molar-refractivity contribution is 7.98. The van der Waals surface area contributed by atoms with Gasteiger partial charge in [0.2, 0.25) is 11.8 Å². The zero-order valence-electron chi connectivity index (χ0n) is 22.7. The van der Waals surface area contributed by atoms with E-state index in [0.717, 1.165) is 23.5 Å². The van der Waals surface area contributed by atoms with Crippen molar-refractivity contribution in [3.63, 3.8) is 0 Å². The zero-order valence-corrected chi connectivity index (χ0v) is 23.5. The summed E-state index contributed by atoms with van der Waals surface area (Å²) >= 11 is 1.76. The number of piperazine rings is 1. The SMILES string of the molecule is C#CCN1CC(=O)N2[C@@H](C(C)CC)C(=O)N(CCSCc3ccccc3)C[C@@H]2N1C(=O)NCc1ccccc1. The molecular weight excluding hydrogens is 510 g/mol. The van der Waals surface area contributed by atoms with Crippen LogP contribution in [0.3, 0.4) is 0 Å². The average molecular weight is 548 g/mol. The number of terminal acetylenes is 1. The van der Waals surface area contributed by atoms with E-state index in [1.807, 2.05) is 67.3 Å². The fourth-order valence-corrected chi connectivity index (χ4v) is 6.04. The molecule has 3 atom stereocenters. The molecule has 2 aliphatic heterocycles. The number of urea groups is 1. The lowest BCUT2D eigenvalue weighted by Crippen LogP contribution is -2.77. The molecule has 2 fully saturated rings. The van der Waals surface area contributed by atoms with E-state index in [4.69, 9.17) is 6.42 Å². The molecule has 0 bridgehead atoms. The first-order valence-corrected chi connectivity index (χ1v) is 14.6. The molecule has 2 saturated heterocycles. The highest BCUT2D eigenvalue weighted by Crippen LogP contribution is 2.31. The third-order valence-electron chi connectivity index (χ3n) is 7.33. The van der Waals surface area contributed by atoms with Crippen LogP contribution in [0, 0.1) is 18.3 Å². The van der Waals surface area contributed by atoms with Crippen LogP contribution in [0.5, 0.6) is 0 Å². The van der Waals surface area contributed by atoms with Gasteiger partial charge in [0.15, 0.2) is 0 Å². The number of rotatable bonds is 10. The van der Waals surface area contributed by atoms with Crippen molar-refractivity contribution in [2.75, 3.05) is 31.9 Å². The fraction of sp³-hybridized carbons (Fsp3) is 0.433. The van der Waals surface area contributed by atoms with Crippen molar-refractivity contribution in [3.05, 3.63) is 71.8 Å². The highest BCUT2D eigenvalue weighted by atomic mass is 32.2. The van der Waals surface area contributed by atoms with E-state index in [1.54, 1.807) is 26.7 Å². The summed E-state index contributed by atoms with van der Waals surface area (Å²) in [4.78, 5) is 44.3. The molecular formula is C30H37N5O3S. The molecule has 1 unspecified atom stereocenters. The first kappa shape index (κ1) is 28.5. The van der Waals surface area contributed by atoms with Crippen molar-refractivity contribution in [3.8, 4) is 12.3 Å². The van der Waals surface area contributed by atoms with Crippen molar-refractivity contribution >= 4 is 29.6 Å². The second-order valence-corrected chi connectivity index (χ2v) is 11.1. The molecule has 0 spiro atoms. The smallest absolute Gasteiger partial charge is 0.334 e. The third kappa shape index (κ3) is 6.75. The van der Waals surface area contributed by atoms with E-state index >= 15 is 0 Å². The predicted molar refractivity (Wildman–Crippen MR) is 154 cm³/mol. The molecule has 9 heteroatoms. The second kappa shape index (κ2) is 13.5. The van der Waals surface area contributed by atoms with Crippen LogP contribution in [0.4, 0.5) is 4.79 Å². The number of hydrazine groups is 1. The summed E-state index contributed by atoms with van der Waals surface area (Å²) in [6, 6.07) is 18.9. The summed E-state index contributed by atoms with van der Waals surface area (Å²) in [6.07, 6.45) is 5.73. The summed E-state index contributed by atoms with van der Waals surface area (Å²) < 4.78 is 0. The van der Waals surface area contributed by atoms with Crippen LogP contribution in [0.1, 0.15) is 31.4 Å². The van der Waals surface area contributed by atoms with Gasteiger partial charge in [0.25, 0.3) is 0 Å². The van der Waals surface area contributed by atoms with Gasteiger partial charge in [0.05, 0.1) is 19.6 Å². The third-order valence-corrected chi connectivity index (χ3v) is 8.34. The van der Waals surface area contributed by atoms with Gasteiger partial charge >= 0.3 is 6.03 Å². The number of carbonyl (C=O) groups is 3. The average Bonchev–Trinajstić information content (AvgIpc) is 2.95. The maximum Gasteiger partial charge on any atom is 0.334 e. The Labute approximate surface area is 235 Å². The Kier molecular flexibility index (Phi) is 9.90. The van der Waals surface area contributed by atoms with Crippen LogP contribution in [-0.4, -0.2) is 81.8 Å². The van der Waals surface area contributed by atoms with Gasteiger partial charge < -0.3 is 15.1 Å². The Morgan fingerprint density at radius 2 is 1.77 bits per heavy atom. The van der Waals surface area contributed by atoms with Crippen molar-refractivity contribution in [1.29, 1.82) is 0 Å². The van der Waals surface area contributed by atoms with Gasteiger partial charge in [-0.2, -0.15) is 16.8 Å². The number of hydrogen-bond donors (Lipinski definition) is 1. The zero-order chi connectivity index (χ0) is 27.8. The van der Waals surface area contributed by atoms with Crippen LogP contribution in [0.25, 0.3) is 0 Å². The van der Waals surface area contributed by atoms with Crippen LogP contribution >= 0.6 is 11.8 Å². The number of nitrogens with one attached hydrogen (secondary N) is 1. The van der Waals surface area contributed by atoms with Gasteiger partial charge in [0, 0.05) is 24.6 Å². The van der Waals surface area contributed by atoms with E-state index in [2.05, 4.69) is 23.4 Å². The molecule has 0 saturated carbocycles. The fourth-order valence-electron chi connectivity index (χ4n) is 5.12. The van der Waals surface area contributed by atoms with E-state index < -0.39 is 12.2 Å². The van der Waals surface area contributed by atoms with Gasteiger partial charge in [0.1, 0.15) is 12.2 Å². The van der Waals surface area contributed by atoms with E-state index in [9.17, 15) is 14.4 Å². The summed E-state index contributed by atoms with van der Waals surface area (Å²) in [6.45, 7) is 5.20. The van der Waals surface area contributed by atoms with Crippen LogP contribution < -0.4 is 5.32 Å². The quantitative estimate of drug-likeness (QED) is 0.365. The van der Waals surface area contributed by atoms with E-state index in [-0.39, 0.29) is 43.4 Å². The maximum absolute atomic E-state index is 13.7. The number of fused-ring (bicyclic) bond motifs is 1. The highest BCUT2D eigenvalue weighted by Gasteiger charge is 2.52. The van der Waals surface area contributed by atoms with Crippen LogP contribution in [0.2, 0.25) is 0 Å². The number of nitrogens with zero attached hydrogens (tertiary/aromatic N) is 4. The lowest BCUT2D eigenvalue weighted by molar-refractivity contribution is -0.191. The number of hydrogen-bond acceptors (Lipinski definition) is 5. The monoisotopic (exact) mass is 547 g/mol. The first-order chi connectivity index (χ1) is 18.9.